The Labute approximate surface area is 194 Å². The first-order valence-corrected chi connectivity index (χ1v) is 11.8. The van der Waals surface area contributed by atoms with E-state index < -0.39 is 41.1 Å². The molecule has 0 aromatic heterocycles. The van der Waals surface area contributed by atoms with Crippen LogP contribution in [0.4, 0.5) is 0 Å². The van der Waals surface area contributed by atoms with Crippen molar-refractivity contribution >= 4 is 17.8 Å². The number of nitrogens with zero attached hydrogens (tertiary/aromatic N) is 1. The van der Waals surface area contributed by atoms with Gasteiger partial charge in [0, 0.05) is 6.54 Å². The molecule has 2 unspecified atom stereocenters. The molecule has 8 heteroatoms. The zero-order valence-corrected chi connectivity index (χ0v) is 19.7. The van der Waals surface area contributed by atoms with Gasteiger partial charge in [-0.25, -0.2) is 0 Å². The molecule has 3 saturated heterocycles. The fourth-order valence-electron chi connectivity index (χ4n) is 6.11. The molecule has 2 bridgehead atoms. The highest BCUT2D eigenvalue weighted by atomic mass is 16.6. The van der Waals surface area contributed by atoms with Crippen LogP contribution in [-0.2, 0) is 30.4 Å². The van der Waals surface area contributed by atoms with E-state index in [-0.39, 0.29) is 30.9 Å². The summed E-state index contributed by atoms with van der Waals surface area (Å²) in [6, 6.07) is 8.03. The Balaban J connectivity index is 1.73. The predicted octanol–water partition coefficient (Wildman–Crippen LogP) is 1.65. The van der Waals surface area contributed by atoms with Gasteiger partial charge in [0.1, 0.15) is 17.6 Å². The van der Waals surface area contributed by atoms with E-state index in [2.05, 4.69) is 5.32 Å². The molecule has 3 aliphatic heterocycles. The number of amides is 2. The van der Waals surface area contributed by atoms with Crippen molar-refractivity contribution in [2.24, 2.45) is 17.8 Å². The lowest BCUT2D eigenvalue weighted by Gasteiger charge is -2.38. The minimum atomic E-state index is -1.12. The molecule has 2 amide bonds. The van der Waals surface area contributed by atoms with Crippen LogP contribution in [0.2, 0.25) is 0 Å². The first-order valence-electron chi connectivity index (χ1n) is 11.8. The van der Waals surface area contributed by atoms with Crippen LogP contribution in [0.25, 0.3) is 0 Å². The summed E-state index contributed by atoms with van der Waals surface area (Å²) in [5.41, 5.74) is -1.04. The number of likely N-dealkylation sites (tertiary alicyclic amines) is 1. The van der Waals surface area contributed by atoms with Crippen molar-refractivity contribution in [3.63, 3.8) is 0 Å². The van der Waals surface area contributed by atoms with Gasteiger partial charge in [-0.05, 0) is 38.2 Å². The smallest absolute Gasteiger partial charge is 0.312 e. The molecule has 33 heavy (non-hydrogen) atoms. The highest BCUT2D eigenvalue weighted by Gasteiger charge is 2.78. The number of carbonyl (C=O) groups excluding carboxylic acids is 3. The summed E-state index contributed by atoms with van der Waals surface area (Å²) in [4.78, 5) is 42.0. The quantitative estimate of drug-likeness (QED) is 0.574. The second-order valence-corrected chi connectivity index (χ2v) is 9.92. The Bertz CT molecular complexity index is 921. The molecule has 0 saturated carbocycles. The van der Waals surface area contributed by atoms with E-state index in [0.29, 0.717) is 19.4 Å². The molecule has 1 spiro atoms. The molecular weight excluding hydrogens is 424 g/mol. The van der Waals surface area contributed by atoms with Gasteiger partial charge in [-0.2, -0.15) is 0 Å². The lowest BCUT2D eigenvalue weighted by Crippen LogP contribution is -2.58. The summed E-state index contributed by atoms with van der Waals surface area (Å²) in [6.45, 7) is 7.61. The molecule has 0 aliphatic carbocycles. The third-order valence-electron chi connectivity index (χ3n) is 7.63. The number of fused-ring (bicyclic) bond motifs is 1. The van der Waals surface area contributed by atoms with E-state index >= 15 is 0 Å². The zero-order valence-electron chi connectivity index (χ0n) is 19.7. The minimum Gasteiger partial charge on any atom is -0.466 e. The SMILES string of the molecule is CCOC(=O)[C@@H]1[C@H]2C(=O)N([C@@H](CO)C(C)C)C(C(=O)NCc3ccccc3)C23CC[C@@]1(C)O3. The molecule has 2 N–H and O–H groups in total. The first kappa shape index (κ1) is 23.7. The fourth-order valence-corrected chi connectivity index (χ4v) is 6.11. The summed E-state index contributed by atoms with van der Waals surface area (Å²) >= 11 is 0. The Morgan fingerprint density at radius 3 is 2.58 bits per heavy atom. The summed E-state index contributed by atoms with van der Waals surface area (Å²) in [5, 5.41) is 13.1. The van der Waals surface area contributed by atoms with Crippen LogP contribution in [0.5, 0.6) is 0 Å². The number of nitrogens with one attached hydrogen (secondary N) is 1. The maximum Gasteiger partial charge on any atom is 0.312 e. The van der Waals surface area contributed by atoms with Crippen LogP contribution >= 0.6 is 0 Å². The maximum atomic E-state index is 13.9. The molecule has 0 radical (unpaired) electrons. The lowest BCUT2D eigenvalue weighted by atomic mass is 9.66. The van der Waals surface area contributed by atoms with Crippen molar-refractivity contribution in [3.05, 3.63) is 35.9 Å². The van der Waals surface area contributed by atoms with Gasteiger partial charge in [0.15, 0.2) is 0 Å². The van der Waals surface area contributed by atoms with Crippen LogP contribution in [0.15, 0.2) is 30.3 Å². The third kappa shape index (κ3) is 3.64. The average Bonchev–Trinajstić information content (AvgIpc) is 3.35. The van der Waals surface area contributed by atoms with Crippen LogP contribution in [0, 0.1) is 17.8 Å². The van der Waals surface area contributed by atoms with E-state index in [1.807, 2.05) is 51.1 Å². The molecular formula is C25H34N2O6. The monoisotopic (exact) mass is 458 g/mol. The second kappa shape index (κ2) is 8.72. The number of carbonyl (C=O) groups is 3. The average molecular weight is 459 g/mol. The van der Waals surface area contributed by atoms with Gasteiger partial charge in [-0.15, -0.1) is 0 Å². The van der Waals surface area contributed by atoms with E-state index in [1.165, 1.54) is 4.90 Å². The molecule has 3 heterocycles. The number of ether oxygens (including phenoxy) is 2. The third-order valence-corrected chi connectivity index (χ3v) is 7.63. The Hall–Kier alpha value is -2.45. The highest BCUT2D eigenvalue weighted by molar-refractivity contribution is 5.98. The van der Waals surface area contributed by atoms with Crippen molar-refractivity contribution in [1.29, 1.82) is 0 Å². The normalized spacial score (nSPS) is 33.3. The predicted molar refractivity (Wildman–Crippen MR) is 120 cm³/mol. The number of aliphatic hydroxyl groups excluding tert-OH is 1. The largest absolute Gasteiger partial charge is 0.466 e. The standard InChI is InChI=1S/C25H34N2O6/c1-5-32-23(31)19-18-22(30)27(17(14-28)15(2)3)20(25(18)12-11-24(19,4)33-25)21(29)26-13-16-9-7-6-8-10-16/h6-10,15,17-20,28H,5,11-14H2,1-4H3,(H,26,29)/t17-,18-,19-,20?,24+,25?/m0/s1. The van der Waals surface area contributed by atoms with Gasteiger partial charge < -0.3 is 24.8 Å². The summed E-state index contributed by atoms with van der Waals surface area (Å²) in [7, 11) is 0. The number of rotatable bonds is 8. The fraction of sp³-hybridized carbons (Fsp3) is 0.640. The maximum absolute atomic E-state index is 13.9. The highest BCUT2D eigenvalue weighted by Crippen LogP contribution is 2.63. The van der Waals surface area contributed by atoms with Crippen LogP contribution in [-0.4, -0.2) is 64.3 Å². The molecule has 3 fully saturated rings. The summed E-state index contributed by atoms with van der Waals surface area (Å²) in [5.74, 6) is -2.79. The molecule has 6 atom stereocenters. The Kier molecular flexibility index (Phi) is 6.26. The van der Waals surface area contributed by atoms with Gasteiger partial charge >= 0.3 is 5.97 Å². The molecule has 1 aromatic rings. The van der Waals surface area contributed by atoms with Crippen LogP contribution < -0.4 is 5.32 Å². The second-order valence-electron chi connectivity index (χ2n) is 9.92. The van der Waals surface area contributed by atoms with E-state index in [1.54, 1.807) is 6.92 Å². The van der Waals surface area contributed by atoms with Crippen molar-refractivity contribution < 1.29 is 29.0 Å². The summed E-state index contributed by atoms with van der Waals surface area (Å²) in [6.07, 6.45) is 1.05. The van der Waals surface area contributed by atoms with Gasteiger partial charge in [0.25, 0.3) is 0 Å². The van der Waals surface area contributed by atoms with E-state index in [9.17, 15) is 19.5 Å². The number of hydrogen-bond donors (Lipinski definition) is 2. The number of benzene rings is 1. The number of aliphatic hydroxyl groups is 1. The van der Waals surface area contributed by atoms with Gasteiger partial charge in [0.05, 0.1) is 30.8 Å². The Morgan fingerprint density at radius 1 is 1.27 bits per heavy atom. The number of hydrogen-bond acceptors (Lipinski definition) is 6. The summed E-state index contributed by atoms with van der Waals surface area (Å²) < 4.78 is 11.8. The minimum absolute atomic E-state index is 0.0903. The van der Waals surface area contributed by atoms with Crippen LogP contribution in [0.1, 0.15) is 46.1 Å². The molecule has 4 rings (SSSR count). The van der Waals surface area contributed by atoms with Gasteiger partial charge in [0.2, 0.25) is 11.8 Å². The van der Waals surface area contributed by atoms with Gasteiger partial charge in [-0.1, -0.05) is 44.2 Å². The molecule has 3 aliphatic rings. The first-order chi connectivity index (χ1) is 15.7. The van der Waals surface area contributed by atoms with Crippen molar-refractivity contribution in [2.45, 2.75) is 70.4 Å². The molecule has 8 nitrogen and oxygen atoms in total. The number of esters is 1. The topological polar surface area (TPSA) is 105 Å². The van der Waals surface area contributed by atoms with Crippen LogP contribution in [0.3, 0.4) is 0 Å². The molecule has 180 valence electrons. The molecule has 1 aromatic carbocycles. The zero-order chi connectivity index (χ0) is 24.0. The van der Waals surface area contributed by atoms with Gasteiger partial charge in [-0.3, -0.25) is 14.4 Å². The van der Waals surface area contributed by atoms with E-state index in [4.69, 9.17) is 9.47 Å². The van der Waals surface area contributed by atoms with Crippen molar-refractivity contribution in [3.8, 4) is 0 Å². The lowest BCUT2D eigenvalue weighted by molar-refractivity contribution is -0.160. The Morgan fingerprint density at radius 2 is 1.97 bits per heavy atom. The van der Waals surface area contributed by atoms with Crippen molar-refractivity contribution in [2.75, 3.05) is 13.2 Å². The van der Waals surface area contributed by atoms with E-state index in [0.717, 1.165) is 5.56 Å². The van der Waals surface area contributed by atoms with Crippen molar-refractivity contribution in [1.82, 2.24) is 10.2 Å².